The maximum Gasteiger partial charge on any atom is 0.487 e. The van der Waals surface area contributed by atoms with Crippen molar-refractivity contribution in [3.05, 3.63) is 71.3 Å². The Balaban J connectivity index is 1.42. The molecule has 0 saturated heterocycles. The van der Waals surface area contributed by atoms with Gasteiger partial charge in [-0.05, 0) is 55.8 Å². The molecule has 0 radical (unpaired) electrons. The Morgan fingerprint density at radius 1 is 1.20 bits per heavy atom. The van der Waals surface area contributed by atoms with Gasteiger partial charge in [-0.15, -0.1) is 8.78 Å². The minimum Gasteiger partial charge on any atom is -0.420 e. The van der Waals surface area contributed by atoms with Crippen LogP contribution in [0.5, 0.6) is 5.75 Å². The van der Waals surface area contributed by atoms with Crippen LogP contribution in [0, 0.1) is 0 Å². The first-order chi connectivity index (χ1) is 19.1. The number of hydrogen-bond acceptors (Lipinski definition) is 6. The monoisotopic (exact) mass is 567 g/mol. The Kier molecular flexibility index (Phi) is 6.42. The van der Waals surface area contributed by atoms with E-state index in [0.717, 1.165) is 17.8 Å². The van der Waals surface area contributed by atoms with Gasteiger partial charge >= 0.3 is 5.57 Å². The summed E-state index contributed by atoms with van der Waals surface area (Å²) in [6.07, 6.45) is 2.51. The van der Waals surface area contributed by atoms with Crippen LogP contribution in [0.2, 0.25) is 0 Å². The number of imidazole rings is 1. The van der Waals surface area contributed by atoms with Gasteiger partial charge in [0.15, 0.2) is 0 Å². The highest BCUT2D eigenvalue weighted by Crippen LogP contribution is 2.36. The van der Waals surface area contributed by atoms with Gasteiger partial charge in [0.25, 0.3) is 11.8 Å². The fourth-order valence-corrected chi connectivity index (χ4v) is 5.24. The Morgan fingerprint density at radius 2 is 1.98 bits per heavy atom. The van der Waals surface area contributed by atoms with E-state index in [0.29, 0.717) is 58.9 Å². The van der Waals surface area contributed by atoms with Gasteiger partial charge in [-0.3, -0.25) is 14.6 Å². The summed E-state index contributed by atoms with van der Waals surface area (Å²) in [6.45, 7) is 3.47. The Bertz CT molecular complexity index is 1650. The number of benzene rings is 2. The number of nitrogens with one attached hydrogen (secondary N) is 1. The molecule has 0 fully saturated rings. The molecule has 9 nitrogen and oxygen atoms in total. The van der Waals surface area contributed by atoms with Crippen LogP contribution in [0.3, 0.4) is 0 Å². The highest BCUT2D eigenvalue weighted by molar-refractivity contribution is 6.20. The average molecular weight is 568 g/mol. The van der Waals surface area contributed by atoms with Crippen LogP contribution in [0.25, 0.3) is 22.2 Å². The summed E-state index contributed by atoms with van der Waals surface area (Å²) in [5, 5.41) is 2.78. The normalized spacial score (nSPS) is 17.0. The maximum absolute atomic E-state index is 13.4. The number of anilines is 1. The van der Waals surface area contributed by atoms with E-state index in [1.165, 1.54) is 24.3 Å². The van der Waals surface area contributed by atoms with Gasteiger partial charge in [-0.2, -0.15) is 0 Å². The van der Waals surface area contributed by atoms with Crippen LogP contribution >= 0.6 is 11.6 Å². The van der Waals surface area contributed by atoms with Gasteiger partial charge in [0.05, 0.1) is 28.8 Å². The molecule has 1 atom stereocenters. The van der Waals surface area contributed by atoms with Gasteiger partial charge in [-0.1, -0.05) is 0 Å². The van der Waals surface area contributed by atoms with E-state index in [1.54, 1.807) is 30.3 Å². The van der Waals surface area contributed by atoms with Crippen molar-refractivity contribution < 1.29 is 27.8 Å². The Hall–Kier alpha value is -4.09. The van der Waals surface area contributed by atoms with Crippen LogP contribution in [-0.2, 0) is 17.9 Å². The van der Waals surface area contributed by atoms with Crippen molar-refractivity contribution in [1.29, 1.82) is 0 Å². The van der Waals surface area contributed by atoms with E-state index in [-0.39, 0.29) is 17.7 Å². The molecule has 2 aliphatic rings. The van der Waals surface area contributed by atoms with Gasteiger partial charge < -0.3 is 24.3 Å². The van der Waals surface area contributed by atoms with Crippen molar-refractivity contribution in [3.8, 4) is 16.9 Å². The molecule has 2 amide bonds. The van der Waals surface area contributed by atoms with Crippen molar-refractivity contribution in [2.45, 2.75) is 38.1 Å². The molecule has 6 rings (SSSR count). The number of aromatic nitrogens is 3. The minimum atomic E-state index is -3.84. The van der Waals surface area contributed by atoms with E-state index >= 15 is 0 Å². The zero-order chi connectivity index (χ0) is 28.2. The Morgan fingerprint density at radius 3 is 2.73 bits per heavy atom. The number of fused-ring (bicyclic) bond motifs is 4. The van der Waals surface area contributed by atoms with E-state index < -0.39 is 11.5 Å². The van der Waals surface area contributed by atoms with Crippen molar-refractivity contribution >= 4 is 40.1 Å². The van der Waals surface area contributed by atoms with E-state index in [9.17, 15) is 18.4 Å². The first kappa shape index (κ1) is 26.1. The fraction of sp³-hybridized carbons (Fsp3) is 0.286. The average Bonchev–Trinajstić information content (AvgIpc) is 3.35. The highest BCUT2D eigenvalue weighted by atomic mass is 35.5. The standard InChI is InChI=1S/C28H24ClF2N5O4/c1-15-7-8-39-14-24-34-22-11-16(26(37)33-18-3-5-19(6-4-18)40-28(29,30)31)9-20(25(22)36(15)24)17-10-21-23(32-12-17)13-35(2)27(21)38/h3-6,9-12,15H,7-8,13-14H2,1-2H3,(H,33,37)/t15-/m1/s1. The minimum absolute atomic E-state index is 0.0946. The van der Waals surface area contributed by atoms with Gasteiger partial charge in [-0.25, -0.2) is 4.98 Å². The first-order valence-electron chi connectivity index (χ1n) is 12.6. The van der Waals surface area contributed by atoms with Crippen LogP contribution in [0.15, 0.2) is 48.7 Å². The number of pyridine rings is 1. The van der Waals surface area contributed by atoms with Crippen LogP contribution in [0.1, 0.15) is 51.6 Å². The lowest BCUT2D eigenvalue weighted by Crippen LogP contribution is -2.17. The summed E-state index contributed by atoms with van der Waals surface area (Å²) in [6, 6.07) is 10.8. The molecule has 0 spiro atoms. The predicted octanol–water partition coefficient (Wildman–Crippen LogP) is 5.59. The van der Waals surface area contributed by atoms with Gasteiger partial charge in [0.2, 0.25) is 0 Å². The number of amides is 2. The molecule has 0 saturated carbocycles. The molecule has 206 valence electrons. The lowest BCUT2D eigenvalue weighted by atomic mass is 9.99. The number of halogens is 3. The number of rotatable bonds is 5. The smallest absolute Gasteiger partial charge is 0.420 e. The van der Waals surface area contributed by atoms with E-state index in [1.807, 2.05) is 6.07 Å². The largest absolute Gasteiger partial charge is 0.487 e. The fourth-order valence-electron chi connectivity index (χ4n) is 5.15. The summed E-state index contributed by atoms with van der Waals surface area (Å²) in [7, 11) is 1.73. The van der Waals surface area contributed by atoms with Crippen LogP contribution in [-0.4, -0.2) is 50.5 Å². The molecule has 4 aromatic rings. The Labute approximate surface area is 232 Å². The molecule has 2 aliphatic heterocycles. The van der Waals surface area contributed by atoms with Crippen molar-refractivity contribution in [2.75, 3.05) is 19.0 Å². The quantitative estimate of drug-likeness (QED) is 0.316. The third-order valence-electron chi connectivity index (χ3n) is 7.06. The lowest BCUT2D eigenvalue weighted by Gasteiger charge is -2.17. The van der Waals surface area contributed by atoms with E-state index in [2.05, 4.69) is 26.5 Å². The van der Waals surface area contributed by atoms with Crippen molar-refractivity contribution in [1.82, 2.24) is 19.4 Å². The van der Waals surface area contributed by atoms with Gasteiger partial charge in [0, 0.05) is 59.9 Å². The zero-order valence-electron chi connectivity index (χ0n) is 21.6. The molecule has 12 heteroatoms. The second-order valence-electron chi connectivity index (χ2n) is 9.89. The SMILES string of the molecule is C[C@@H]1CCOCc2nc3cc(C(=O)Nc4ccc(OC(F)(F)Cl)cc4)cc(-c4cnc5c(c4)C(=O)N(C)C5)c3n21. The maximum atomic E-state index is 13.4. The molecule has 0 aliphatic carbocycles. The summed E-state index contributed by atoms with van der Waals surface area (Å²) in [4.78, 5) is 37.1. The summed E-state index contributed by atoms with van der Waals surface area (Å²) in [5.41, 5.74) is 0.906. The van der Waals surface area contributed by atoms with Crippen LogP contribution < -0.4 is 10.1 Å². The summed E-state index contributed by atoms with van der Waals surface area (Å²) >= 11 is 4.82. The number of ether oxygens (including phenoxy) is 2. The third-order valence-corrected chi connectivity index (χ3v) is 7.14. The van der Waals surface area contributed by atoms with Gasteiger partial charge in [0.1, 0.15) is 18.2 Å². The third kappa shape index (κ3) is 4.86. The second kappa shape index (κ2) is 9.83. The summed E-state index contributed by atoms with van der Waals surface area (Å²) < 4.78 is 38.1. The molecule has 40 heavy (non-hydrogen) atoms. The molecular weight excluding hydrogens is 544 g/mol. The number of carbonyl (C=O) groups is 2. The molecule has 0 bridgehead atoms. The number of carbonyl (C=O) groups excluding carboxylic acids is 2. The molecule has 2 aromatic heterocycles. The predicted molar refractivity (Wildman–Crippen MR) is 144 cm³/mol. The first-order valence-corrected chi connectivity index (χ1v) is 13.0. The van der Waals surface area contributed by atoms with E-state index in [4.69, 9.17) is 21.3 Å². The zero-order valence-corrected chi connectivity index (χ0v) is 22.3. The summed E-state index contributed by atoms with van der Waals surface area (Å²) in [5.74, 6) is 0.0527. The molecule has 1 N–H and O–H groups in total. The molecule has 4 heterocycles. The van der Waals surface area contributed by atoms with Crippen molar-refractivity contribution in [3.63, 3.8) is 0 Å². The molecular formula is C28H24ClF2N5O4. The second-order valence-corrected chi connectivity index (χ2v) is 10.3. The van der Waals surface area contributed by atoms with Crippen LogP contribution in [0.4, 0.5) is 14.5 Å². The lowest BCUT2D eigenvalue weighted by molar-refractivity contribution is -0.0964. The number of alkyl halides is 3. The topological polar surface area (TPSA) is 98.6 Å². The highest BCUT2D eigenvalue weighted by Gasteiger charge is 2.29. The molecule has 2 aromatic carbocycles. The van der Waals surface area contributed by atoms with Crippen molar-refractivity contribution in [2.24, 2.45) is 0 Å². The number of hydrogen-bond donors (Lipinski definition) is 1. The molecule has 0 unspecified atom stereocenters. The number of nitrogens with zero attached hydrogens (tertiary/aromatic N) is 4.